The lowest BCUT2D eigenvalue weighted by atomic mass is 10.1. The quantitative estimate of drug-likeness (QED) is 0.539. The number of ether oxygens (including phenoxy) is 1. The predicted octanol–water partition coefficient (Wildman–Crippen LogP) is 4.46. The minimum atomic E-state index is -0.146. The number of rotatable bonds is 8. The van der Waals surface area contributed by atoms with Crippen LogP contribution in [0.15, 0.2) is 72.8 Å². The summed E-state index contributed by atoms with van der Waals surface area (Å²) < 4.78 is 5.88. The topological polar surface area (TPSA) is 61.8 Å². The van der Waals surface area contributed by atoms with Crippen LogP contribution in [0.3, 0.4) is 0 Å². The highest BCUT2D eigenvalue weighted by molar-refractivity contribution is 5.94. The zero-order valence-electron chi connectivity index (χ0n) is 19.2. The molecule has 5 heteroatoms. The van der Waals surface area contributed by atoms with E-state index in [2.05, 4.69) is 53.5 Å². The van der Waals surface area contributed by atoms with E-state index >= 15 is 0 Å². The Balaban J connectivity index is 1.26. The molecule has 0 radical (unpaired) electrons. The van der Waals surface area contributed by atoms with E-state index in [1.165, 1.54) is 11.1 Å². The molecule has 0 aliphatic carbocycles. The molecule has 3 aromatic carbocycles. The van der Waals surface area contributed by atoms with Crippen molar-refractivity contribution in [2.75, 3.05) is 13.1 Å². The molecule has 0 saturated carbocycles. The molecule has 0 spiro atoms. The van der Waals surface area contributed by atoms with E-state index in [-0.39, 0.29) is 12.0 Å². The number of nitrogens with one attached hydrogen (secondary N) is 1. The van der Waals surface area contributed by atoms with Crippen molar-refractivity contribution in [1.82, 2.24) is 10.2 Å². The summed E-state index contributed by atoms with van der Waals surface area (Å²) in [5.74, 6) is 0.561. The summed E-state index contributed by atoms with van der Waals surface area (Å²) in [5.41, 5.74) is 5.20. The fraction of sp³-hybridized carbons (Fsp3) is 0.321. The van der Waals surface area contributed by atoms with Gasteiger partial charge >= 0.3 is 0 Å². The lowest BCUT2D eigenvalue weighted by Crippen LogP contribution is -2.35. The lowest BCUT2D eigenvalue weighted by molar-refractivity contribution is 0.0792. The highest BCUT2D eigenvalue weighted by Crippen LogP contribution is 2.17. The number of piperidine rings is 1. The largest absolute Gasteiger partial charge is 0.489 e. The van der Waals surface area contributed by atoms with Crippen LogP contribution in [-0.4, -0.2) is 35.1 Å². The molecule has 2 N–H and O–H groups in total. The second-order valence-corrected chi connectivity index (χ2v) is 8.81. The number of benzene rings is 3. The van der Waals surface area contributed by atoms with Crippen LogP contribution in [-0.2, 0) is 19.7 Å². The Hall–Kier alpha value is -3.15. The highest BCUT2D eigenvalue weighted by atomic mass is 16.5. The SMILES string of the molecule is Cc1cccc(COc2cccc(C(=O)NCc3ccc(CN4CCC(O)CC4)cc3)c2)c1. The van der Waals surface area contributed by atoms with Crippen LogP contribution >= 0.6 is 0 Å². The van der Waals surface area contributed by atoms with Crippen LogP contribution in [0, 0.1) is 6.92 Å². The van der Waals surface area contributed by atoms with E-state index in [9.17, 15) is 9.90 Å². The Kier molecular flexibility index (Phi) is 7.76. The van der Waals surface area contributed by atoms with Crippen molar-refractivity contribution in [2.24, 2.45) is 0 Å². The summed E-state index contributed by atoms with van der Waals surface area (Å²) in [4.78, 5) is 15.0. The van der Waals surface area contributed by atoms with Crippen molar-refractivity contribution in [2.45, 2.75) is 45.6 Å². The van der Waals surface area contributed by atoms with Crippen LogP contribution in [0.4, 0.5) is 0 Å². The van der Waals surface area contributed by atoms with Crippen molar-refractivity contribution in [1.29, 1.82) is 0 Å². The van der Waals surface area contributed by atoms with Crippen molar-refractivity contribution >= 4 is 5.91 Å². The molecular weight excluding hydrogens is 412 g/mol. The number of hydrogen-bond acceptors (Lipinski definition) is 4. The Morgan fingerprint density at radius 1 is 0.970 bits per heavy atom. The van der Waals surface area contributed by atoms with Crippen LogP contribution in [0.5, 0.6) is 5.75 Å². The summed E-state index contributed by atoms with van der Waals surface area (Å²) >= 11 is 0. The van der Waals surface area contributed by atoms with Gasteiger partial charge in [0.1, 0.15) is 12.4 Å². The number of carbonyl (C=O) groups is 1. The summed E-state index contributed by atoms with van der Waals surface area (Å²) in [5, 5.41) is 12.6. The van der Waals surface area contributed by atoms with Crippen molar-refractivity contribution in [3.05, 3.63) is 101 Å². The highest BCUT2D eigenvalue weighted by Gasteiger charge is 2.16. The summed E-state index contributed by atoms with van der Waals surface area (Å²) in [6, 6.07) is 23.9. The van der Waals surface area contributed by atoms with Gasteiger partial charge in [-0.15, -0.1) is 0 Å². The molecule has 4 rings (SSSR count). The van der Waals surface area contributed by atoms with Gasteiger partial charge in [-0.2, -0.15) is 0 Å². The molecule has 1 saturated heterocycles. The Labute approximate surface area is 196 Å². The van der Waals surface area contributed by atoms with Gasteiger partial charge in [-0.05, 0) is 54.7 Å². The summed E-state index contributed by atoms with van der Waals surface area (Å²) in [6.45, 7) is 5.78. The van der Waals surface area contributed by atoms with E-state index in [4.69, 9.17) is 4.74 Å². The first-order valence-electron chi connectivity index (χ1n) is 11.6. The molecule has 0 aromatic heterocycles. The van der Waals surface area contributed by atoms with E-state index in [0.29, 0.717) is 24.5 Å². The van der Waals surface area contributed by atoms with E-state index in [1.807, 2.05) is 24.3 Å². The number of aliphatic hydroxyl groups is 1. The smallest absolute Gasteiger partial charge is 0.251 e. The average Bonchev–Trinajstić information content (AvgIpc) is 2.84. The third-order valence-corrected chi connectivity index (χ3v) is 6.02. The van der Waals surface area contributed by atoms with Crippen LogP contribution in [0.2, 0.25) is 0 Å². The lowest BCUT2D eigenvalue weighted by Gasteiger charge is -2.29. The van der Waals surface area contributed by atoms with Crippen LogP contribution in [0.25, 0.3) is 0 Å². The molecule has 1 amide bonds. The maximum atomic E-state index is 12.7. The number of likely N-dealkylation sites (tertiary alicyclic amines) is 1. The Morgan fingerprint density at radius 2 is 1.70 bits per heavy atom. The molecule has 172 valence electrons. The standard InChI is InChI=1S/C28H32N2O3/c1-21-4-2-5-24(16-21)20-33-27-7-3-6-25(17-27)28(32)29-18-22-8-10-23(11-9-22)19-30-14-12-26(31)13-15-30/h2-11,16-17,26,31H,12-15,18-20H2,1H3,(H,29,32). The van der Waals surface area contributed by atoms with Crippen LogP contribution < -0.4 is 10.1 Å². The fourth-order valence-electron chi connectivity index (χ4n) is 4.08. The molecule has 3 aromatic rings. The van der Waals surface area contributed by atoms with E-state index in [1.54, 1.807) is 12.1 Å². The first-order valence-corrected chi connectivity index (χ1v) is 11.6. The maximum absolute atomic E-state index is 12.7. The molecule has 1 aliphatic heterocycles. The van der Waals surface area contributed by atoms with Gasteiger partial charge in [0.05, 0.1) is 6.10 Å². The van der Waals surface area contributed by atoms with E-state index in [0.717, 1.165) is 43.6 Å². The van der Waals surface area contributed by atoms with Gasteiger partial charge in [0.25, 0.3) is 5.91 Å². The van der Waals surface area contributed by atoms with Gasteiger partial charge in [0.2, 0.25) is 0 Å². The maximum Gasteiger partial charge on any atom is 0.251 e. The first kappa shape index (κ1) is 23.0. The Bertz CT molecular complexity index is 1060. The molecule has 1 fully saturated rings. The Morgan fingerprint density at radius 3 is 2.45 bits per heavy atom. The van der Waals surface area contributed by atoms with Crippen molar-refractivity contribution in [3.63, 3.8) is 0 Å². The predicted molar refractivity (Wildman–Crippen MR) is 130 cm³/mol. The molecule has 1 heterocycles. The summed E-state index contributed by atoms with van der Waals surface area (Å²) in [7, 11) is 0. The summed E-state index contributed by atoms with van der Waals surface area (Å²) in [6.07, 6.45) is 1.55. The normalized spacial score (nSPS) is 14.7. The number of nitrogens with zero attached hydrogens (tertiary/aromatic N) is 1. The van der Waals surface area contributed by atoms with Gasteiger partial charge in [-0.25, -0.2) is 0 Å². The second-order valence-electron chi connectivity index (χ2n) is 8.81. The van der Waals surface area contributed by atoms with E-state index < -0.39 is 0 Å². The second kappa shape index (κ2) is 11.1. The molecular formula is C28H32N2O3. The number of hydrogen-bond donors (Lipinski definition) is 2. The number of aliphatic hydroxyl groups excluding tert-OH is 1. The van der Waals surface area contributed by atoms with Gasteiger partial charge < -0.3 is 15.2 Å². The zero-order chi connectivity index (χ0) is 23.0. The average molecular weight is 445 g/mol. The first-order chi connectivity index (χ1) is 16.0. The minimum absolute atomic E-state index is 0.119. The third-order valence-electron chi connectivity index (χ3n) is 6.02. The fourth-order valence-corrected chi connectivity index (χ4v) is 4.08. The molecule has 0 unspecified atom stereocenters. The van der Waals surface area contributed by atoms with Gasteiger partial charge in [-0.3, -0.25) is 9.69 Å². The molecule has 5 nitrogen and oxygen atoms in total. The minimum Gasteiger partial charge on any atom is -0.489 e. The third kappa shape index (κ3) is 6.91. The molecule has 1 aliphatic rings. The zero-order valence-corrected chi connectivity index (χ0v) is 19.2. The molecule has 0 bridgehead atoms. The number of aryl methyl sites for hydroxylation is 1. The monoisotopic (exact) mass is 444 g/mol. The van der Waals surface area contributed by atoms with Gasteiger partial charge in [0.15, 0.2) is 0 Å². The van der Waals surface area contributed by atoms with Crippen molar-refractivity contribution < 1.29 is 14.6 Å². The van der Waals surface area contributed by atoms with Gasteiger partial charge in [-0.1, -0.05) is 60.2 Å². The van der Waals surface area contributed by atoms with Crippen molar-refractivity contribution in [3.8, 4) is 5.75 Å². The van der Waals surface area contributed by atoms with Crippen LogP contribution in [0.1, 0.15) is 45.5 Å². The van der Waals surface area contributed by atoms with Gasteiger partial charge in [0, 0.05) is 31.7 Å². The number of carbonyl (C=O) groups excluding carboxylic acids is 1. The molecule has 33 heavy (non-hydrogen) atoms. The molecule has 0 atom stereocenters. The number of amides is 1.